The van der Waals surface area contributed by atoms with Crippen molar-refractivity contribution in [1.29, 1.82) is 0 Å². The molecule has 14 heavy (non-hydrogen) atoms. The zero-order chi connectivity index (χ0) is 10.6. The maximum absolute atomic E-state index is 4.87. The number of nitrogens with two attached hydrogens (primary N) is 1. The van der Waals surface area contributed by atoms with Crippen LogP contribution < -0.4 is 61.2 Å². The van der Waals surface area contributed by atoms with Crippen LogP contribution in [0.3, 0.4) is 0 Å². The van der Waals surface area contributed by atoms with Crippen LogP contribution in [0, 0.1) is 0 Å². The van der Waals surface area contributed by atoms with Crippen molar-refractivity contribution in [2.45, 2.75) is 0 Å². The largest absolute Gasteiger partial charge is 0.257 e. The Morgan fingerprint density at radius 1 is 0.714 bits per heavy atom. The van der Waals surface area contributed by atoms with E-state index in [1.165, 1.54) is 0 Å². The minimum Gasteiger partial charge on any atom is -0.257 e. The molecule has 86 valence electrons. The van der Waals surface area contributed by atoms with E-state index in [4.69, 9.17) is 5.84 Å². The predicted octanol–water partition coefficient (Wildman–Crippen LogP) is -5.53. The topological polar surface area (TPSA) is 150 Å². The van der Waals surface area contributed by atoms with Gasteiger partial charge in [0.2, 0.25) is 0 Å². The highest BCUT2D eigenvalue weighted by Gasteiger charge is 1.83. The van der Waals surface area contributed by atoms with Gasteiger partial charge in [0, 0.05) is 14.1 Å². The van der Waals surface area contributed by atoms with E-state index in [-0.39, 0.29) is 0 Å². The Hall–Kier alpha value is -0.480. The Kier molecular flexibility index (Phi) is 10.2. The molecule has 0 aliphatic heterocycles. The highest BCUT2D eigenvalue weighted by atomic mass is 16.0. The fourth-order valence-electron chi connectivity index (χ4n) is 0.363. The maximum atomic E-state index is 4.87. The first-order valence-corrected chi connectivity index (χ1v) is 3.66. The summed E-state index contributed by atoms with van der Waals surface area (Å²) in [6, 6.07) is 0. The normalized spacial score (nSPS) is 11.1. The van der Waals surface area contributed by atoms with Crippen LogP contribution >= 0.6 is 0 Å². The van der Waals surface area contributed by atoms with E-state index in [0.29, 0.717) is 0 Å². The standard InChI is InChI=1S/C2H18N12/c1-14(2)13-12-11-10-9-8-7-6-5-4-3/h4-13H,3H2,1-2H3. The van der Waals surface area contributed by atoms with Crippen LogP contribution in [0.2, 0.25) is 0 Å². The van der Waals surface area contributed by atoms with Crippen LogP contribution in [-0.2, 0) is 0 Å². The first-order valence-electron chi connectivity index (χ1n) is 3.66. The molecule has 0 heterocycles. The summed E-state index contributed by atoms with van der Waals surface area (Å²) in [5.74, 6) is 4.87. The van der Waals surface area contributed by atoms with Crippen molar-refractivity contribution < 1.29 is 0 Å². The third-order valence-corrected chi connectivity index (χ3v) is 0.789. The van der Waals surface area contributed by atoms with Gasteiger partial charge in [0.1, 0.15) is 0 Å². The fourth-order valence-corrected chi connectivity index (χ4v) is 0.363. The number of nitrogens with zero attached hydrogens (tertiary/aromatic N) is 1. The Labute approximate surface area is 81.4 Å². The highest BCUT2D eigenvalue weighted by Crippen LogP contribution is 1.50. The Morgan fingerprint density at radius 3 is 1.57 bits per heavy atom. The summed E-state index contributed by atoms with van der Waals surface area (Å²) < 4.78 is 0. The van der Waals surface area contributed by atoms with Gasteiger partial charge in [0.25, 0.3) is 0 Å². The van der Waals surface area contributed by atoms with Gasteiger partial charge in [-0.3, -0.25) is 5.84 Å². The minimum atomic E-state index is 1.71. The lowest BCUT2D eigenvalue weighted by atomic mass is 11.2. The summed E-state index contributed by atoms with van der Waals surface area (Å²) in [5, 5.41) is 1.71. The molecule has 0 aromatic heterocycles. The summed E-state index contributed by atoms with van der Waals surface area (Å²) >= 11 is 0. The van der Waals surface area contributed by atoms with E-state index in [1.54, 1.807) is 5.01 Å². The van der Waals surface area contributed by atoms with E-state index in [2.05, 4.69) is 55.3 Å². The van der Waals surface area contributed by atoms with E-state index in [1.807, 2.05) is 14.1 Å². The lowest BCUT2D eigenvalue weighted by Gasteiger charge is -2.15. The van der Waals surface area contributed by atoms with Crippen molar-refractivity contribution in [1.82, 2.24) is 60.4 Å². The fraction of sp³-hybridized carbons (Fsp3) is 1.00. The van der Waals surface area contributed by atoms with Crippen molar-refractivity contribution >= 4 is 0 Å². The minimum absolute atomic E-state index is 1.71. The van der Waals surface area contributed by atoms with Crippen LogP contribution in [0.25, 0.3) is 0 Å². The molecule has 0 spiro atoms. The molecule has 0 rings (SSSR count). The number of hydrazine groups is 11. The molecule has 12 nitrogen and oxygen atoms in total. The lowest BCUT2D eigenvalue weighted by molar-refractivity contribution is 0.168. The van der Waals surface area contributed by atoms with Crippen LogP contribution in [-0.4, -0.2) is 19.1 Å². The van der Waals surface area contributed by atoms with Gasteiger partial charge >= 0.3 is 0 Å². The van der Waals surface area contributed by atoms with Crippen LogP contribution in [0.4, 0.5) is 0 Å². The molecule has 0 aliphatic carbocycles. The third-order valence-electron chi connectivity index (χ3n) is 0.789. The van der Waals surface area contributed by atoms with E-state index < -0.39 is 0 Å². The van der Waals surface area contributed by atoms with Crippen molar-refractivity contribution in [3.05, 3.63) is 0 Å². The summed E-state index contributed by atoms with van der Waals surface area (Å²) in [4.78, 5) is 0. The molecule has 0 radical (unpaired) electrons. The molecule has 0 amide bonds. The van der Waals surface area contributed by atoms with E-state index in [9.17, 15) is 0 Å². The molecule has 0 bridgehead atoms. The first kappa shape index (κ1) is 13.5. The molecule has 0 aromatic carbocycles. The van der Waals surface area contributed by atoms with Crippen LogP contribution in [0.1, 0.15) is 0 Å². The molecule has 0 aromatic rings. The Balaban J connectivity index is 2.85. The maximum Gasteiger partial charge on any atom is 0.00267 e. The number of nitrogens with one attached hydrogen (secondary N) is 10. The van der Waals surface area contributed by atoms with Gasteiger partial charge in [0.15, 0.2) is 0 Å². The average molecular weight is 210 g/mol. The Bertz CT molecular complexity index is 102. The van der Waals surface area contributed by atoms with Crippen molar-refractivity contribution in [3.8, 4) is 0 Å². The molecule has 0 aliphatic rings. The van der Waals surface area contributed by atoms with Gasteiger partial charge in [-0.25, -0.2) is 5.01 Å². The first-order chi connectivity index (χ1) is 6.77. The molecule has 0 saturated heterocycles. The molecule has 12 heteroatoms. The lowest BCUT2D eigenvalue weighted by Crippen LogP contribution is -2.66. The number of hydrogen-bond acceptors (Lipinski definition) is 12. The quantitative estimate of drug-likeness (QED) is 0.0948. The predicted molar refractivity (Wildman–Crippen MR) is 49.2 cm³/mol. The summed E-state index contributed by atoms with van der Waals surface area (Å²) in [7, 11) is 3.66. The van der Waals surface area contributed by atoms with Gasteiger partial charge in [0.05, 0.1) is 0 Å². The molecule has 0 unspecified atom stereocenters. The van der Waals surface area contributed by atoms with Gasteiger partial charge in [-0.2, -0.15) is 55.3 Å². The van der Waals surface area contributed by atoms with Gasteiger partial charge in [-0.1, -0.05) is 0 Å². The van der Waals surface area contributed by atoms with Gasteiger partial charge in [-0.15, -0.1) is 0 Å². The number of hydrogen-bond donors (Lipinski definition) is 11. The average Bonchev–Trinajstić information content (AvgIpc) is 2.15. The molecule has 12 N–H and O–H groups in total. The summed E-state index contributed by atoms with van der Waals surface area (Å²) in [6.07, 6.45) is 0. The highest BCUT2D eigenvalue weighted by molar-refractivity contribution is 4.18. The van der Waals surface area contributed by atoms with E-state index >= 15 is 0 Å². The molecule has 0 fully saturated rings. The van der Waals surface area contributed by atoms with Crippen molar-refractivity contribution in [3.63, 3.8) is 0 Å². The van der Waals surface area contributed by atoms with Crippen molar-refractivity contribution in [2.24, 2.45) is 5.84 Å². The third kappa shape index (κ3) is 11.5. The smallest absolute Gasteiger partial charge is 0.00267 e. The molecular formula is C2H18N12. The second kappa shape index (κ2) is 10.6. The summed E-state index contributed by atoms with van der Waals surface area (Å²) in [5.41, 5.74) is 24.8. The van der Waals surface area contributed by atoms with Crippen LogP contribution in [0.15, 0.2) is 0 Å². The zero-order valence-electron chi connectivity index (χ0n) is 8.02. The monoisotopic (exact) mass is 210 g/mol. The second-order valence-corrected chi connectivity index (χ2v) is 2.15. The molecule has 0 atom stereocenters. The van der Waals surface area contributed by atoms with Gasteiger partial charge in [-0.05, 0) is 0 Å². The number of rotatable bonds is 10. The SMILES string of the molecule is CN(C)NNNNNNNNNNN. The van der Waals surface area contributed by atoms with Gasteiger partial charge < -0.3 is 0 Å². The summed E-state index contributed by atoms with van der Waals surface area (Å²) in [6.45, 7) is 0. The zero-order valence-corrected chi connectivity index (χ0v) is 8.02. The molecular weight excluding hydrogens is 192 g/mol. The second-order valence-electron chi connectivity index (χ2n) is 2.15. The van der Waals surface area contributed by atoms with Crippen LogP contribution in [0.5, 0.6) is 0 Å². The Morgan fingerprint density at radius 2 is 1.14 bits per heavy atom. The van der Waals surface area contributed by atoms with E-state index in [0.717, 1.165) is 0 Å². The van der Waals surface area contributed by atoms with Crippen molar-refractivity contribution in [2.75, 3.05) is 14.1 Å². The molecule has 0 saturated carbocycles.